The molecule has 2 heterocycles. The molecule has 0 aliphatic rings. The second-order valence-electron chi connectivity index (χ2n) is 7.47. The summed E-state index contributed by atoms with van der Waals surface area (Å²) in [5.74, 6) is -0.0701. The number of thiazole rings is 1. The number of nitrogens with one attached hydrogen (secondary N) is 3. The smallest absolute Gasteiger partial charge is 0.335 e. The van der Waals surface area contributed by atoms with Crippen LogP contribution in [0.4, 0.5) is 0 Å². The Hall–Kier alpha value is -3.38. The zero-order valence-electron chi connectivity index (χ0n) is 17.5. The first-order valence-electron chi connectivity index (χ1n) is 10.4. The van der Waals surface area contributed by atoms with E-state index in [1.807, 2.05) is 55.7 Å². The molecule has 4 aromatic rings. The molecule has 3 N–H and O–H groups in total. The lowest BCUT2D eigenvalue weighted by Gasteiger charge is -2.02. The number of hydrogen-bond acceptors (Lipinski definition) is 3. The Bertz CT molecular complexity index is 1130. The van der Waals surface area contributed by atoms with Gasteiger partial charge in [-0.05, 0) is 41.7 Å². The van der Waals surface area contributed by atoms with Gasteiger partial charge in [-0.25, -0.2) is 9.97 Å². The number of hydrogen-bond donors (Lipinski definition) is 1. The van der Waals surface area contributed by atoms with Gasteiger partial charge in [0.05, 0.1) is 0 Å². The van der Waals surface area contributed by atoms with Crippen LogP contribution in [-0.4, -0.2) is 10.9 Å². The average molecular weight is 431 g/mol. The lowest BCUT2D eigenvalue weighted by atomic mass is 10.1. The Balaban J connectivity index is 1.35. The number of nitrogens with zero attached hydrogens (tertiary/aromatic N) is 1. The van der Waals surface area contributed by atoms with Gasteiger partial charge in [0.2, 0.25) is 5.69 Å². The zero-order chi connectivity index (χ0) is 21.5. The van der Waals surface area contributed by atoms with E-state index in [9.17, 15) is 4.79 Å². The largest absolute Gasteiger partial charge is 0.347 e. The summed E-state index contributed by atoms with van der Waals surface area (Å²) in [7, 11) is 0. The van der Waals surface area contributed by atoms with Crippen molar-refractivity contribution in [1.29, 1.82) is 0 Å². The minimum absolute atomic E-state index is 0.0701. The first kappa shape index (κ1) is 20.9. The molecule has 2 aromatic heterocycles. The Morgan fingerprint density at radius 1 is 1.00 bits per heavy atom. The third-order valence-corrected chi connectivity index (χ3v) is 6.31. The quantitative estimate of drug-likeness (QED) is 0.461. The van der Waals surface area contributed by atoms with Gasteiger partial charge in [-0.3, -0.25) is 4.79 Å². The number of aryl methyl sites for hydroxylation is 3. The van der Waals surface area contributed by atoms with Crippen LogP contribution in [0.1, 0.15) is 38.6 Å². The second-order valence-corrected chi connectivity index (χ2v) is 8.49. The van der Waals surface area contributed by atoms with E-state index in [0.717, 1.165) is 46.9 Å². The summed E-state index contributed by atoms with van der Waals surface area (Å²) in [6.07, 6.45) is 6.82. The van der Waals surface area contributed by atoms with E-state index in [-0.39, 0.29) is 5.91 Å². The van der Waals surface area contributed by atoms with Crippen molar-refractivity contribution in [2.24, 2.45) is 0 Å². The maximum absolute atomic E-state index is 12.6. The minimum Gasteiger partial charge on any atom is -0.347 e. The molecule has 0 bridgehead atoms. The van der Waals surface area contributed by atoms with Crippen LogP contribution in [-0.2, 0) is 19.4 Å². The fourth-order valence-electron chi connectivity index (χ4n) is 3.39. The summed E-state index contributed by atoms with van der Waals surface area (Å²) < 4.78 is 0. The normalized spacial score (nSPS) is 10.7. The van der Waals surface area contributed by atoms with E-state index < -0.39 is 0 Å². The van der Waals surface area contributed by atoms with Gasteiger partial charge < -0.3 is 5.32 Å². The van der Waals surface area contributed by atoms with Crippen LogP contribution >= 0.6 is 11.3 Å². The number of carbonyl (C=O) groups is 1. The summed E-state index contributed by atoms with van der Waals surface area (Å²) in [6, 6.07) is 20.4. The summed E-state index contributed by atoms with van der Waals surface area (Å²) in [4.78, 5) is 24.5. The maximum Gasteiger partial charge on any atom is 0.335 e. The molecule has 0 aliphatic carbocycles. The van der Waals surface area contributed by atoms with E-state index in [1.54, 1.807) is 0 Å². The highest BCUT2D eigenvalue weighted by Gasteiger charge is 2.25. The minimum atomic E-state index is -0.0701. The Morgan fingerprint density at radius 3 is 2.39 bits per heavy atom. The van der Waals surface area contributed by atoms with Crippen LogP contribution in [0.15, 0.2) is 73.1 Å². The van der Waals surface area contributed by atoms with Crippen LogP contribution in [0.5, 0.6) is 0 Å². The molecule has 0 saturated carbocycles. The molecule has 5 nitrogen and oxygen atoms in total. The van der Waals surface area contributed by atoms with Gasteiger partial charge >= 0.3 is 10.7 Å². The molecule has 0 fully saturated rings. The van der Waals surface area contributed by atoms with E-state index in [4.69, 9.17) is 0 Å². The monoisotopic (exact) mass is 430 g/mol. The number of amides is 1. The standard InChI is InChI=1S/C25H24N4OS/c1-18-23(24(30)28-15-20-11-6-3-7-12-20)31-25(29-18)22-17-26-21(16-27-22)14-8-13-19-9-4-2-5-10-19/h2-7,9-12,16-17H,8,13-15H2,1H3,(H,28,30)/p+2. The van der Waals surface area contributed by atoms with Crippen molar-refractivity contribution in [1.82, 2.24) is 10.3 Å². The van der Waals surface area contributed by atoms with Crippen molar-refractivity contribution < 1.29 is 14.8 Å². The predicted molar refractivity (Wildman–Crippen MR) is 121 cm³/mol. The first-order valence-corrected chi connectivity index (χ1v) is 11.3. The maximum atomic E-state index is 12.6. The third-order valence-electron chi connectivity index (χ3n) is 5.09. The fraction of sp³-hybridized carbons (Fsp3) is 0.200. The number of aromatic amines is 2. The van der Waals surface area contributed by atoms with Crippen molar-refractivity contribution in [2.45, 2.75) is 32.7 Å². The molecular weight excluding hydrogens is 404 g/mol. The highest BCUT2D eigenvalue weighted by molar-refractivity contribution is 7.16. The molecule has 4 rings (SSSR count). The number of benzene rings is 2. The second kappa shape index (κ2) is 10.1. The van der Waals surface area contributed by atoms with Gasteiger partial charge in [0.25, 0.3) is 5.91 Å². The van der Waals surface area contributed by atoms with Crippen molar-refractivity contribution in [3.05, 3.63) is 100 Å². The van der Waals surface area contributed by atoms with Gasteiger partial charge in [-0.2, -0.15) is 4.98 Å². The molecule has 0 atom stereocenters. The van der Waals surface area contributed by atoms with E-state index in [2.05, 4.69) is 44.5 Å². The molecule has 0 aliphatic heterocycles. The number of carbonyl (C=O) groups excluding carboxylic acids is 1. The number of rotatable bonds is 8. The number of H-pyrrole nitrogens is 2. The highest BCUT2D eigenvalue weighted by Crippen LogP contribution is 2.21. The van der Waals surface area contributed by atoms with Gasteiger partial charge in [0.15, 0.2) is 11.1 Å². The van der Waals surface area contributed by atoms with Crippen molar-refractivity contribution in [3.8, 4) is 10.7 Å². The number of aromatic nitrogens is 3. The van der Waals surface area contributed by atoms with E-state index in [1.165, 1.54) is 16.9 Å². The van der Waals surface area contributed by atoms with E-state index >= 15 is 0 Å². The topological polar surface area (TPSA) is 70.3 Å². The Labute approximate surface area is 186 Å². The van der Waals surface area contributed by atoms with Crippen LogP contribution in [0, 0.1) is 6.92 Å². The van der Waals surface area contributed by atoms with Crippen molar-refractivity contribution in [2.75, 3.05) is 0 Å². The van der Waals surface area contributed by atoms with Gasteiger partial charge in [-0.15, -0.1) is 0 Å². The van der Waals surface area contributed by atoms with Crippen molar-refractivity contribution >= 4 is 17.2 Å². The fourth-order valence-corrected chi connectivity index (χ4v) is 4.39. The summed E-state index contributed by atoms with van der Waals surface area (Å²) in [5.41, 5.74) is 5.20. The van der Waals surface area contributed by atoms with E-state index in [0.29, 0.717) is 11.4 Å². The molecule has 31 heavy (non-hydrogen) atoms. The molecule has 0 unspecified atom stereocenters. The summed E-state index contributed by atoms with van der Waals surface area (Å²) in [6.45, 7) is 2.43. The predicted octanol–water partition coefficient (Wildman–Crippen LogP) is 3.85. The van der Waals surface area contributed by atoms with Crippen LogP contribution in [0.2, 0.25) is 0 Å². The molecule has 1 amide bonds. The SMILES string of the molecule is Cc1[nH+]c(-c2cnc(CCCc3ccccc3)c[nH+]2)sc1C(=O)NCc1ccccc1. The Morgan fingerprint density at radius 2 is 1.71 bits per heavy atom. The molecule has 2 aromatic carbocycles. The third kappa shape index (κ3) is 5.61. The van der Waals surface area contributed by atoms with Crippen molar-refractivity contribution in [3.63, 3.8) is 0 Å². The highest BCUT2D eigenvalue weighted by atomic mass is 32.1. The molecular formula is C25H26N4OS+2. The summed E-state index contributed by atoms with van der Waals surface area (Å²) in [5, 5.41) is 3.89. The van der Waals surface area contributed by atoms with Gasteiger partial charge in [0, 0.05) is 13.5 Å². The molecule has 156 valence electrons. The van der Waals surface area contributed by atoms with Gasteiger partial charge in [0.1, 0.15) is 11.9 Å². The van der Waals surface area contributed by atoms with Gasteiger partial charge in [-0.1, -0.05) is 60.7 Å². The molecule has 0 saturated heterocycles. The Kier molecular flexibility index (Phi) is 6.79. The lowest BCUT2D eigenvalue weighted by Crippen LogP contribution is -2.23. The van der Waals surface area contributed by atoms with Crippen LogP contribution in [0.25, 0.3) is 10.7 Å². The molecule has 6 heteroatoms. The first-order chi connectivity index (χ1) is 15.2. The molecule has 0 radical (unpaired) electrons. The zero-order valence-corrected chi connectivity index (χ0v) is 18.3. The van der Waals surface area contributed by atoms with Crippen LogP contribution in [0.3, 0.4) is 0 Å². The van der Waals surface area contributed by atoms with Crippen LogP contribution < -0.4 is 15.3 Å². The average Bonchev–Trinajstić information content (AvgIpc) is 3.21. The molecule has 0 spiro atoms. The lowest BCUT2D eigenvalue weighted by molar-refractivity contribution is -0.403. The summed E-state index contributed by atoms with van der Waals surface area (Å²) >= 11 is 1.44.